The average Bonchev–Trinajstić information content (AvgIpc) is 2.49. The summed E-state index contributed by atoms with van der Waals surface area (Å²) in [4.78, 5) is 12.6. The summed E-state index contributed by atoms with van der Waals surface area (Å²) in [6, 6.07) is 10.0. The first kappa shape index (κ1) is 15.3. The number of aryl methyl sites for hydroxylation is 1. The van der Waals surface area contributed by atoms with Gasteiger partial charge in [-0.2, -0.15) is 5.26 Å². The van der Waals surface area contributed by atoms with Crippen LogP contribution in [0.2, 0.25) is 0 Å². The van der Waals surface area contributed by atoms with Crippen molar-refractivity contribution in [1.29, 1.82) is 5.26 Å². The SMILES string of the molecule is Cc1ccc([C@H](OCC#N)C2CCCN(C(=O)O)C2)cc1. The molecular formula is C16H20N2O3. The second kappa shape index (κ2) is 7.09. The number of carbonyl (C=O) groups is 1. The molecule has 1 amide bonds. The zero-order valence-electron chi connectivity index (χ0n) is 12.2. The first-order chi connectivity index (χ1) is 10.1. The molecule has 1 unspecified atom stereocenters. The fraction of sp³-hybridized carbons (Fsp3) is 0.500. The molecule has 1 aliphatic rings. The van der Waals surface area contributed by atoms with Crippen LogP contribution in [0.15, 0.2) is 24.3 Å². The van der Waals surface area contributed by atoms with Crippen LogP contribution in [0.1, 0.15) is 30.1 Å². The Morgan fingerprint density at radius 3 is 2.86 bits per heavy atom. The standard InChI is InChI=1S/C16H20N2O3/c1-12-4-6-13(7-5-12)15(21-10-8-17)14-3-2-9-18(11-14)16(19)20/h4-7,14-15H,2-3,9-11H2,1H3,(H,19,20)/t14?,15-/m0/s1. The van der Waals surface area contributed by atoms with Gasteiger partial charge in [0.1, 0.15) is 6.61 Å². The lowest BCUT2D eigenvalue weighted by Gasteiger charge is -2.35. The van der Waals surface area contributed by atoms with Crippen LogP contribution in [-0.2, 0) is 4.74 Å². The molecule has 0 saturated carbocycles. The summed E-state index contributed by atoms with van der Waals surface area (Å²) in [5, 5.41) is 17.9. The summed E-state index contributed by atoms with van der Waals surface area (Å²) < 4.78 is 5.70. The van der Waals surface area contributed by atoms with Crippen LogP contribution in [0, 0.1) is 24.2 Å². The maximum absolute atomic E-state index is 11.2. The summed E-state index contributed by atoms with van der Waals surface area (Å²) in [6.07, 6.45) is 0.623. The Morgan fingerprint density at radius 2 is 2.24 bits per heavy atom. The van der Waals surface area contributed by atoms with E-state index in [9.17, 15) is 4.79 Å². The molecule has 5 heteroatoms. The van der Waals surface area contributed by atoms with E-state index >= 15 is 0 Å². The minimum Gasteiger partial charge on any atom is -0.465 e. The van der Waals surface area contributed by atoms with Crippen molar-refractivity contribution in [2.45, 2.75) is 25.9 Å². The second-order valence-electron chi connectivity index (χ2n) is 5.43. The van der Waals surface area contributed by atoms with E-state index in [4.69, 9.17) is 15.1 Å². The predicted molar refractivity (Wildman–Crippen MR) is 77.8 cm³/mol. The first-order valence-electron chi connectivity index (χ1n) is 7.15. The van der Waals surface area contributed by atoms with Crippen molar-refractivity contribution < 1.29 is 14.6 Å². The molecular weight excluding hydrogens is 268 g/mol. The lowest BCUT2D eigenvalue weighted by atomic mass is 9.88. The number of nitriles is 1. The summed E-state index contributed by atoms with van der Waals surface area (Å²) in [7, 11) is 0. The van der Waals surface area contributed by atoms with Gasteiger partial charge in [0, 0.05) is 19.0 Å². The lowest BCUT2D eigenvalue weighted by molar-refractivity contribution is 0.00141. The third kappa shape index (κ3) is 3.96. The third-order valence-electron chi connectivity index (χ3n) is 3.89. The molecule has 1 aliphatic heterocycles. The molecule has 1 aromatic carbocycles. The van der Waals surface area contributed by atoms with Crippen molar-refractivity contribution in [2.24, 2.45) is 5.92 Å². The zero-order chi connectivity index (χ0) is 15.2. The summed E-state index contributed by atoms with van der Waals surface area (Å²) >= 11 is 0. The van der Waals surface area contributed by atoms with Crippen molar-refractivity contribution in [1.82, 2.24) is 4.90 Å². The Labute approximate surface area is 124 Å². The molecule has 0 bridgehead atoms. The van der Waals surface area contributed by atoms with Gasteiger partial charge in [0.25, 0.3) is 0 Å². The van der Waals surface area contributed by atoms with Crippen LogP contribution >= 0.6 is 0 Å². The van der Waals surface area contributed by atoms with Gasteiger partial charge in [0.15, 0.2) is 0 Å². The Bertz CT molecular complexity index is 521. The van der Waals surface area contributed by atoms with E-state index < -0.39 is 6.09 Å². The number of piperidine rings is 1. The first-order valence-corrected chi connectivity index (χ1v) is 7.15. The highest BCUT2D eigenvalue weighted by Gasteiger charge is 2.31. The molecule has 5 nitrogen and oxygen atoms in total. The molecule has 1 N–H and O–H groups in total. The van der Waals surface area contributed by atoms with Crippen LogP contribution in [0.4, 0.5) is 4.79 Å². The van der Waals surface area contributed by atoms with E-state index in [0.717, 1.165) is 24.0 Å². The van der Waals surface area contributed by atoms with Crippen molar-refractivity contribution in [3.05, 3.63) is 35.4 Å². The fourth-order valence-electron chi connectivity index (χ4n) is 2.82. The largest absolute Gasteiger partial charge is 0.465 e. The Kier molecular flexibility index (Phi) is 5.18. The molecule has 1 aromatic rings. The van der Waals surface area contributed by atoms with Crippen LogP contribution in [0.25, 0.3) is 0 Å². The van der Waals surface area contributed by atoms with Gasteiger partial charge in [0.2, 0.25) is 0 Å². The number of amides is 1. The molecule has 0 aliphatic carbocycles. The molecule has 0 aromatic heterocycles. The van der Waals surface area contributed by atoms with Gasteiger partial charge < -0.3 is 14.7 Å². The normalized spacial score (nSPS) is 19.8. The average molecular weight is 288 g/mol. The quantitative estimate of drug-likeness (QED) is 0.924. The number of benzene rings is 1. The number of rotatable bonds is 4. The maximum Gasteiger partial charge on any atom is 0.407 e. The van der Waals surface area contributed by atoms with Crippen molar-refractivity contribution >= 4 is 6.09 Å². The summed E-state index contributed by atoms with van der Waals surface area (Å²) in [6.45, 7) is 3.06. The third-order valence-corrected chi connectivity index (χ3v) is 3.89. The molecule has 0 radical (unpaired) electrons. The molecule has 21 heavy (non-hydrogen) atoms. The summed E-state index contributed by atoms with van der Waals surface area (Å²) in [5.41, 5.74) is 2.17. The number of hydrogen-bond acceptors (Lipinski definition) is 3. The van der Waals surface area contributed by atoms with E-state index in [1.165, 1.54) is 4.90 Å². The highest BCUT2D eigenvalue weighted by atomic mass is 16.5. The minimum absolute atomic E-state index is 0.0160. The Hall–Kier alpha value is -2.06. The highest BCUT2D eigenvalue weighted by Crippen LogP contribution is 2.33. The van der Waals surface area contributed by atoms with E-state index in [0.29, 0.717) is 13.1 Å². The van der Waals surface area contributed by atoms with Gasteiger partial charge in [-0.1, -0.05) is 29.8 Å². The van der Waals surface area contributed by atoms with Crippen molar-refractivity contribution in [2.75, 3.05) is 19.7 Å². The van der Waals surface area contributed by atoms with Gasteiger partial charge >= 0.3 is 6.09 Å². The maximum atomic E-state index is 11.2. The topological polar surface area (TPSA) is 73.6 Å². The molecule has 2 atom stereocenters. The lowest BCUT2D eigenvalue weighted by Crippen LogP contribution is -2.41. The zero-order valence-corrected chi connectivity index (χ0v) is 12.2. The predicted octanol–water partition coefficient (Wildman–Crippen LogP) is 2.97. The van der Waals surface area contributed by atoms with Crippen molar-refractivity contribution in [3.8, 4) is 6.07 Å². The Balaban J connectivity index is 2.17. The van der Waals surface area contributed by atoms with E-state index in [2.05, 4.69) is 0 Å². The van der Waals surface area contributed by atoms with Gasteiger partial charge in [-0.25, -0.2) is 4.79 Å². The minimum atomic E-state index is -0.886. The van der Waals surface area contributed by atoms with Crippen molar-refractivity contribution in [3.63, 3.8) is 0 Å². The molecule has 0 spiro atoms. The Morgan fingerprint density at radius 1 is 1.52 bits per heavy atom. The van der Waals surface area contributed by atoms with E-state index in [-0.39, 0.29) is 18.6 Å². The summed E-state index contributed by atoms with van der Waals surface area (Å²) in [5.74, 6) is 0.0888. The molecule has 112 valence electrons. The van der Waals surface area contributed by atoms with Gasteiger partial charge in [0.05, 0.1) is 12.2 Å². The molecule has 1 heterocycles. The van der Waals surface area contributed by atoms with E-state index in [1.807, 2.05) is 37.3 Å². The molecule has 1 fully saturated rings. The molecule has 1 saturated heterocycles. The van der Waals surface area contributed by atoms with Crippen LogP contribution in [-0.4, -0.2) is 35.8 Å². The van der Waals surface area contributed by atoms with Gasteiger partial charge in [-0.15, -0.1) is 0 Å². The van der Waals surface area contributed by atoms with Gasteiger partial charge in [-0.05, 0) is 25.3 Å². The smallest absolute Gasteiger partial charge is 0.407 e. The fourth-order valence-corrected chi connectivity index (χ4v) is 2.82. The van der Waals surface area contributed by atoms with E-state index in [1.54, 1.807) is 0 Å². The number of likely N-dealkylation sites (tertiary alicyclic amines) is 1. The number of nitrogens with zero attached hydrogens (tertiary/aromatic N) is 2. The van der Waals surface area contributed by atoms with Crippen LogP contribution < -0.4 is 0 Å². The van der Waals surface area contributed by atoms with Crippen LogP contribution in [0.5, 0.6) is 0 Å². The number of ether oxygens (including phenoxy) is 1. The number of carboxylic acid groups (broad SMARTS) is 1. The van der Waals surface area contributed by atoms with Gasteiger partial charge in [-0.3, -0.25) is 0 Å². The molecule has 2 rings (SSSR count). The highest BCUT2D eigenvalue weighted by molar-refractivity contribution is 5.65. The van der Waals surface area contributed by atoms with Crippen LogP contribution in [0.3, 0.4) is 0 Å². The second-order valence-corrected chi connectivity index (χ2v) is 5.43. The monoisotopic (exact) mass is 288 g/mol. The number of hydrogen-bond donors (Lipinski definition) is 1.